The molecule has 65 heavy (non-hydrogen) atoms. The highest BCUT2D eigenvalue weighted by Crippen LogP contribution is 2.54. The molecule has 0 aliphatic heterocycles. The van der Waals surface area contributed by atoms with Gasteiger partial charge in [-0.25, -0.2) is 0 Å². The SMILES string of the molecule is Cc1cccc2c1-c1ccc(N(c3cc(N(c4ccccc4)c4ccccc4)cc(N(c4ccccc4)c4ccccc4)c3)c3cc4ccccc4cc3-c3ccccc3)cc1C2(C)C. The normalized spacial score (nSPS) is 12.4. The lowest BCUT2D eigenvalue weighted by Gasteiger charge is -2.34. The van der Waals surface area contributed by atoms with E-state index in [1.54, 1.807) is 0 Å². The van der Waals surface area contributed by atoms with E-state index >= 15 is 0 Å². The second-order valence-corrected chi connectivity index (χ2v) is 17.5. The number of para-hydroxylation sites is 4. The van der Waals surface area contributed by atoms with Crippen molar-refractivity contribution in [1.29, 1.82) is 0 Å². The van der Waals surface area contributed by atoms with E-state index in [2.05, 4.69) is 278 Å². The van der Waals surface area contributed by atoms with Gasteiger partial charge in [0, 0.05) is 39.4 Å². The highest BCUT2D eigenvalue weighted by molar-refractivity contribution is 6.00. The smallest absolute Gasteiger partial charge is 0.0546 e. The van der Waals surface area contributed by atoms with Crippen LogP contribution in [-0.2, 0) is 5.41 Å². The minimum absolute atomic E-state index is 0.203. The molecule has 0 amide bonds. The van der Waals surface area contributed by atoms with Gasteiger partial charge in [-0.1, -0.05) is 166 Å². The second-order valence-electron chi connectivity index (χ2n) is 17.5. The first kappa shape index (κ1) is 39.7. The van der Waals surface area contributed by atoms with Crippen molar-refractivity contribution in [2.45, 2.75) is 26.2 Å². The van der Waals surface area contributed by atoms with Crippen molar-refractivity contribution in [3.8, 4) is 22.3 Å². The highest BCUT2D eigenvalue weighted by Gasteiger charge is 2.37. The van der Waals surface area contributed by atoms with Crippen LogP contribution in [0, 0.1) is 6.92 Å². The van der Waals surface area contributed by atoms with E-state index in [0.29, 0.717) is 0 Å². The van der Waals surface area contributed by atoms with Crippen LogP contribution >= 0.6 is 0 Å². The lowest BCUT2D eigenvalue weighted by Crippen LogP contribution is -2.18. The van der Waals surface area contributed by atoms with Crippen molar-refractivity contribution >= 4 is 62.0 Å². The van der Waals surface area contributed by atoms with Crippen LogP contribution < -0.4 is 14.7 Å². The van der Waals surface area contributed by atoms with E-state index < -0.39 is 0 Å². The molecule has 3 heteroatoms. The van der Waals surface area contributed by atoms with Crippen LogP contribution in [0.5, 0.6) is 0 Å². The summed E-state index contributed by atoms with van der Waals surface area (Å²) in [6, 6.07) is 88.3. The molecule has 10 aromatic rings. The molecule has 0 radical (unpaired) electrons. The Balaban J connectivity index is 1.25. The molecular weight excluding hydrogens is 787 g/mol. The lowest BCUT2D eigenvalue weighted by molar-refractivity contribution is 0.660. The molecule has 0 spiro atoms. The van der Waals surface area contributed by atoms with Crippen LogP contribution in [0.4, 0.5) is 51.2 Å². The molecule has 0 aromatic heterocycles. The average Bonchev–Trinajstić information content (AvgIpc) is 3.59. The molecule has 1 aliphatic carbocycles. The first-order valence-corrected chi connectivity index (χ1v) is 22.5. The van der Waals surface area contributed by atoms with E-state index in [0.717, 1.165) is 62.3 Å². The van der Waals surface area contributed by atoms with Crippen molar-refractivity contribution in [3.63, 3.8) is 0 Å². The molecule has 0 saturated heterocycles. The van der Waals surface area contributed by atoms with Crippen molar-refractivity contribution < 1.29 is 0 Å². The Hall–Kier alpha value is -8.14. The summed E-state index contributed by atoms with van der Waals surface area (Å²) in [5.74, 6) is 0. The summed E-state index contributed by atoms with van der Waals surface area (Å²) in [5.41, 5.74) is 18.3. The van der Waals surface area contributed by atoms with E-state index in [9.17, 15) is 0 Å². The highest BCUT2D eigenvalue weighted by atomic mass is 15.2. The molecule has 3 nitrogen and oxygen atoms in total. The second kappa shape index (κ2) is 16.5. The molecule has 0 atom stereocenters. The van der Waals surface area contributed by atoms with Gasteiger partial charge < -0.3 is 14.7 Å². The van der Waals surface area contributed by atoms with Gasteiger partial charge in [-0.05, 0) is 142 Å². The number of nitrogens with zero attached hydrogens (tertiary/aromatic N) is 3. The molecule has 10 aromatic carbocycles. The summed E-state index contributed by atoms with van der Waals surface area (Å²) in [6.45, 7) is 7.00. The van der Waals surface area contributed by atoms with Crippen LogP contribution in [0.15, 0.2) is 243 Å². The third-order valence-electron chi connectivity index (χ3n) is 13.1. The minimum Gasteiger partial charge on any atom is -0.310 e. The standard InChI is InChI=1S/C62H49N3/c1-44-22-21-35-58-61(44)56-37-36-52(43-59(56)62(58,2)3)65(60-39-47-26-20-19-25-46(47)38-57(60)45-23-9-4-10-24-45)55-41-53(63(48-27-11-5-12-28-48)49-29-13-6-14-30-49)40-54(42-55)64(50-31-15-7-16-32-50)51-33-17-8-18-34-51/h4-43H,1-3H3. The molecule has 0 heterocycles. The molecule has 0 bridgehead atoms. The zero-order valence-corrected chi connectivity index (χ0v) is 36.9. The van der Waals surface area contributed by atoms with Gasteiger partial charge in [0.05, 0.1) is 22.7 Å². The maximum absolute atomic E-state index is 2.51. The number of hydrogen-bond donors (Lipinski definition) is 0. The largest absolute Gasteiger partial charge is 0.310 e. The number of rotatable bonds is 10. The van der Waals surface area contributed by atoms with Gasteiger partial charge in [0.2, 0.25) is 0 Å². The van der Waals surface area contributed by atoms with E-state index in [-0.39, 0.29) is 5.41 Å². The minimum atomic E-state index is -0.203. The fourth-order valence-corrected chi connectivity index (χ4v) is 9.96. The molecular formula is C62H49N3. The van der Waals surface area contributed by atoms with E-state index in [1.165, 1.54) is 38.6 Å². The predicted molar refractivity (Wildman–Crippen MR) is 276 cm³/mol. The van der Waals surface area contributed by atoms with Crippen LogP contribution in [0.1, 0.15) is 30.5 Å². The van der Waals surface area contributed by atoms with Crippen molar-refractivity contribution in [2.24, 2.45) is 0 Å². The van der Waals surface area contributed by atoms with Crippen LogP contribution in [0.25, 0.3) is 33.0 Å². The summed E-state index contributed by atoms with van der Waals surface area (Å²) in [5, 5.41) is 2.38. The van der Waals surface area contributed by atoms with Crippen molar-refractivity contribution in [3.05, 3.63) is 259 Å². The van der Waals surface area contributed by atoms with Gasteiger partial charge in [-0.15, -0.1) is 0 Å². The molecule has 0 unspecified atom stereocenters. The fourth-order valence-electron chi connectivity index (χ4n) is 9.96. The third kappa shape index (κ3) is 7.22. The number of aryl methyl sites for hydroxylation is 1. The lowest BCUT2D eigenvalue weighted by atomic mass is 9.82. The van der Waals surface area contributed by atoms with Crippen molar-refractivity contribution in [2.75, 3.05) is 14.7 Å². The molecule has 0 saturated carbocycles. The summed E-state index contributed by atoms with van der Waals surface area (Å²) < 4.78 is 0. The predicted octanol–water partition coefficient (Wildman–Crippen LogP) is 17.5. The summed E-state index contributed by atoms with van der Waals surface area (Å²) in [4.78, 5) is 7.27. The molecule has 0 N–H and O–H groups in total. The first-order valence-electron chi connectivity index (χ1n) is 22.5. The van der Waals surface area contributed by atoms with Crippen molar-refractivity contribution in [1.82, 2.24) is 0 Å². The maximum Gasteiger partial charge on any atom is 0.0546 e. The molecule has 312 valence electrons. The van der Waals surface area contributed by atoms with Gasteiger partial charge >= 0.3 is 0 Å². The maximum atomic E-state index is 2.51. The third-order valence-corrected chi connectivity index (χ3v) is 13.1. The zero-order chi connectivity index (χ0) is 43.9. The zero-order valence-electron chi connectivity index (χ0n) is 36.9. The van der Waals surface area contributed by atoms with Crippen LogP contribution in [0.2, 0.25) is 0 Å². The Kier molecular flexibility index (Phi) is 10.1. The van der Waals surface area contributed by atoms with Gasteiger partial charge in [0.15, 0.2) is 0 Å². The van der Waals surface area contributed by atoms with Gasteiger partial charge in [-0.2, -0.15) is 0 Å². The molecule has 0 fully saturated rings. The molecule has 11 rings (SSSR count). The Labute approximate surface area is 382 Å². The number of benzene rings is 10. The Morgan fingerprint density at radius 2 is 0.754 bits per heavy atom. The van der Waals surface area contributed by atoms with Gasteiger partial charge in [0.25, 0.3) is 0 Å². The van der Waals surface area contributed by atoms with Gasteiger partial charge in [0.1, 0.15) is 0 Å². The summed E-state index contributed by atoms with van der Waals surface area (Å²) >= 11 is 0. The van der Waals surface area contributed by atoms with Crippen LogP contribution in [0.3, 0.4) is 0 Å². The quantitative estimate of drug-likeness (QED) is 0.136. The topological polar surface area (TPSA) is 9.72 Å². The summed E-state index contributed by atoms with van der Waals surface area (Å²) in [7, 11) is 0. The number of fused-ring (bicyclic) bond motifs is 4. The van der Waals surface area contributed by atoms with E-state index in [4.69, 9.17) is 0 Å². The monoisotopic (exact) mass is 835 g/mol. The molecule has 1 aliphatic rings. The number of anilines is 9. The Morgan fingerprint density at radius 3 is 1.26 bits per heavy atom. The summed E-state index contributed by atoms with van der Waals surface area (Å²) in [6.07, 6.45) is 0. The Morgan fingerprint density at radius 1 is 0.308 bits per heavy atom. The Bertz CT molecular complexity index is 3110. The van der Waals surface area contributed by atoms with Crippen LogP contribution in [-0.4, -0.2) is 0 Å². The fraction of sp³-hybridized carbons (Fsp3) is 0.0645. The van der Waals surface area contributed by atoms with Gasteiger partial charge in [-0.3, -0.25) is 0 Å². The van der Waals surface area contributed by atoms with E-state index in [1.807, 2.05) is 0 Å². The first-order chi connectivity index (χ1) is 31.9. The average molecular weight is 836 g/mol. The number of hydrogen-bond acceptors (Lipinski definition) is 3.